The lowest BCUT2D eigenvalue weighted by Crippen LogP contribution is -2.06. The van der Waals surface area contributed by atoms with Gasteiger partial charge in [-0.2, -0.15) is 0 Å². The Morgan fingerprint density at radius 2 is 1.94 bits per heavy atom. The number of rotatable bonds is 4. The maximum atomic E-state index is 12.1. The number of carbonyl (C=O) groups excluding carboxylic acids is 1. The Hall–Kier alpha value is -1.61. The molecule has 0 aliphatic heterocycles. The maximum Gasteiger partial charge on any atom is 0.168 e. The predicted octanol–water partition coefficient (Wildman–Crippen LogP) is 3.54. The lowest BCUT2D eigenvalue weighted by molar-refractivity contribution is 0.0991. The van der Waals surface area contributed by atoms with Crippen molar-refractivity contribution in [2.24, 2.45) is 0 Å². The standard InChI is InChI=1S/C15H15NOS/c1-11-4-3-9-16-14(11)10-15(17)12-5-7-13(18-2)8-6-12/h3-9H,10H2,1-2H3. The Bertz CT molecular complexity index is 549. The SMILES string of the molecule is CSc1ccc(C(=O)Cc2ncccc2C)cc1. The molecule has 0 amide bonds. The molecule has 0 aliphatic rings. The van der Waals surface area contributed by atoms with E-state index in [9.17, 15) is 4.79 Å². The van der Waals surface area contributed by atoms with Gasteiger partial charge >= 0.3 is 0 Å². The summed E-state index contributed by atoms with van der Waals surface area (Å²) in [7, 11) is 0. The summed E-state index contributed by atoms with van der Waals surface area (Å²) in [5, 5.41) is 0. The van der Waals surface area contributed by atoms with Gasteiger partial charge in [0.2, 0.25) is 0 Å². The average molecular weight is 257 g/mol. The number of carbonyl (C=O) groups is 1. The van der Waals surface area contributed by atoms with Crippen LogP contribution in [0.2, 0.25) is 0 Å². The minimum absolute atomic E-state index is 0.115. The summed E-state index contributed by atoms with van der Waals surface area (Å²) in [6.45, 7) is 1.98. The van der Waals surface area contributed by atoms with E-state index < -0.39 is 0 Å². The van der Waals surface area contributed by atoms with Gasteiger partial charge in [-0.05, 0) is 36.9 Å². The van der Waals surface area contributed by atoms with Gasteiger partial charge in [-0.15, -0.1) is 11.8 Å². The predicted molar refractivity (Wildman–Crippen MR) is 75.2 cm³/mol. The van der Waals surface area contributed by atoms with Crippen LogP contribution in [0.15, 0.2) is 47.5 Å². The molecule has 92 valence electrons. The van der Waals surface area contributed by atoms with Gasteiger partial charge in [-0.3, -0.25) is 9.78 Å². The molecule has 1 aromatic carbocycles. The largest absolute Gasteiger partial charge is 0.294 e. The summed E-state index contributed by atoms with van der Waals surface area (Å²) in [6.07, 6.45) is 4.12. The van der Waals surface area contributed by atoms with Gasteiger partial charge in [0.15, 0.2) is 5.78 Å². The van der Waals surface area contributed by atoms with E-state index in [1.165, 1.54) is 4.90 Å². The fourth-order valence-electron chi connectivity index (χ4n) is 1.73. The number of hydrogen-bond donors (Lipinski definition) is 0. The van der Waals surface area contributed by atoms with Crippen LogP contribution in [0, 0.1) is 6.92 Å². The zero-order valence-corrected chi connectivity index (χ0v) is 11.3. The van der Waals surface area contributed by atoms with Crippen molar-refractivity contribution in [2.45, 2.75) is 18.2 Å². The molecule has 1 aromatic heterocycles. The molecule has 0 saturated heterocycles. The highest BCUT2D eigenvalue weighted by atomic mass is 32.2. The van der Waals surface area contributed by atoms with Gasteiger partial charge in [0, 0.05) is 16.7 Å². The van der Waals surface area contributed by atoms with Gasteiger partial charge in [0.05, 0.1) is 12.1 Å². The second kappa shape index (κ2) is 5.83. The van der Waals surface area contributed by atoms with Crippen LogP contribution in [0.5, 0.6) is 0 Å². The quantitative estimate of drug-likeness (QED) is 0.620. The third-order valence-corrected chi connectivity index (χ3v) is 3.60. The van der Waals surface area contributed by atoms with Gasteiger partial charge in [0.1, 0.15) is 0 Å². The number of aryl methyl sites for hydroxylation is 1. The molecule has 1 heterocycles. The monoisotopic (exact) mass is 257 g/mol. The number of nitrogens with zero attached hydrogens (tertiary/aromatic N) is 1. The molecular weight excluding hydrogens is 242 g/mol. The third kappa shape index (κ3) is 2.99. The minimum atomic E-state index is 0.115. The number of benzene rings is 1. The first-order valence-corrected chi connectivity index (χ1v) is 7.01. The molecule has 18 heavy (non-hydrogen) atoms. The molecular formula is C15H15NOS. The molecule has 2 aromatic rings. The lowest BCUT2D eigenvalue weighted by Gasteiger charge is -2.04. The summed E-state index contributed by atoms with van der Waals surface area (Å²) < 4.78 is 0. The molecule has 0 unspecified atom stereocenters. The van der Waals surface area contributed by atoms with E-state index in [0.717, 1.165) is 16.8 Å². The van der Waals surface area contributed by atoms with E-state index in [2.05, 4.69) is 4.98 Å². The Morgan fingerprint density at radius 3 is 2.56 bits per heavy atom. The summed E-state index contributed by atoms with van der Waals surface area (Å²) >= 11 is 1.67. The highest BCUT2D eigenvalue weighted by Crippen LogP contribution is 2.16. The average Bonchev–Trinajstić information content (AvgIpc) is 2.41. The molecule has 0 N–H and O–H groups in total. The van der Waals surface area contributed by atoms with E-state index >= 15 is 0 Å². The Morgan fingerprint density at radius 1 is 1.22 bits per heavy atom. The molecule has 0 bridgehead atoms. The fraction of sp³-hybridized carbons (Fsp3) is 0.200. The number of ketones is 1. The molecule has 0 fully saturated rings. The molecule has 0 saturated carbocycles. The molecule has 3 heteroatoms. The highest BCUT2D eigenvalue weighted by molar-refractivity contribution is 7.98. The number of Topliss-reactive ketones (excluding diaryl/α,β-unsaturated/α-hetero) is 1. The first-order valence-electron chi connectivity index (χ1n) is 5.78. The molecule has 0 spiro atoms. The third-order valence-electron chi connectivity index (χ3n) is 2.86. The van der Waals surface area contributed by atoms with Crippen molar-refractivity contribution in [3.05, 3.63) is 59.4 Å². The van der Waals surface area contributed by atoms with Crippen molar-refractivity contribution in [1.82, 2.24) is 4.98 Å². The van der Waals surface area contributed by atoms with E-state index in [1.807, 2.05) is 49.6 Å². The summed E-state index contributed by atoms with van der Waals surface area (Å²) in [6, 6.07) is 11.6. The van der Waals surface area contributed by atoms with Gasteiger partial charge in [-0.1, -0.05) is 18.2 Å². The van der Waals surface area contributed by atoms with E-state index in [-0.39, 0.29) is 5.78 Å². The van der Waals surface area contributed by atoms with Crippen molar-refractivity contribution in [3.63, 3.8) is 0 Å². The summed E-state index contributed by atoms with van der Waals surface area (Å²) in [5.74, 6) is 0.115. The van der Waals surface area contributed by atoms with Crippen molar-refractivity contribution in [2.75, 3.05) is 6.26 Å². The van der Waals surface area contributed by atoms with E-state index in [0.29, 0.717) is 6.42 Å². The lowest BCUT2D eigenvalue weighted by atomic mass is 10.0. The van der Waals surface area contributed by atoms with Gasteiger partial charge in [-0.25, -0.2) is 0 Å². The minimum Gasteiger partial charge on any atom is -0.294 e. The van der Waals surface area contributed by atoms with Gasteiger partial charge < -0.3 is 0 Å². The number of hydrogen-bond acceptors (Lipinski definition) is 3. The number of pyridine rings is 1. The van der Waals surface area contributed by atoms with Crippen LogP contribution in [0.25, 0.3) is 0 Å². The second-order valence-corrected chi connectivity index (χ2v) is 4.98. The van der Waals surface area contributed by atoms with Crippen LogP contribution in [-0.4, -0.2) is 17.0 Å². The van der Waals surface area contributed by atoms with Crippen LogP contribution in [0.4, 0.5) is 0 Å². The van der Waals surface area contributed by atoms with Crippen molar-refractivity contribution in [3.8, 4) is 0 Å². The van der Waals surface area contributed by atoms with E-state index in [1.54, 1.807) is 18.0 Å². The Balaban J connectivity index is 2.14. The molecule has 2 rings (SSSR count). The first kappa shape index (κ1) is 12.8. The molecule has 0 atom stereocenters. The van der Waals surface area contributed by atoms with Crippen molar-refractivity contribution in [1.29, 1.82) is 0 Å². The number of thioether (sulfide) groups is 1. The van der Waals surface area contributed by atoms with Crippen LogP contribution >= 0.6 is 11.8 Å². The Labute approximate surface area is 111 Å². The zero-order chi connectivity index (χ0) is 13.0. The van der Waals surface area contributed by atoms with Crippen molar-refractivity contribution < 1.29 is 4.79 Å². The molecule has 0 radical (unpaired) electrons. The maximum absolute atomic E-state index is 12.1. The molecule has 2 nitrogen and oxygen atoms in total. The van der Waals surface area contributed by atoms with Crippen LogP contribution in [-0.2, 0) is 6.42 Å². The second-order valence-electron chi connectivity index (χ2n) is 4.10. The topological polar surface area (TPSA) is 30.0 Å². The van der Waals surface area contributed by atoms with Crippen LogP contribution in [0.1, 0.15) is 21.6 Å². The smallest absolute Gasteiger partial charge is 0.168 e. The first-order chi connectivity index (χ1) is 8.70. The van der Waals surface area contributed by atoms with E-state index in [4.69, 9.17) is 0 Å². The summed E-state index contributed by atoms with van der Waals surface area (Å²) in [4.78, 5) is 17.5. The Kier molecular flexibility index (Phi) is 4.15. The number of aromatic nitrogens is 1. The van der Waals surface area contributed by atoms with Crippen LogP contribution < -0.4 is 0 Å². The van der Waals surface area contributed by atoms with Crippen LogP contribution in [0.3, 0.4) is 0 Å². The summed E-state index contributed by atoms with van der Waals surface area (Å²) in [5.41, 5.74) is 2.67. The zero-order valence-electron chi connectivity index (χ0n) is 10.5. The highest BCUT2D eigenvalue weighted by Gasteiger charge is 2.09. The normalized spacial score (nSPS) is 10.3. The van der Waals surface area contributed by atoms with Gasteiger partial charge in [0.25, 0.3) is 0 Å². The van der Waals surface area contributed by atoms with Crippen molar-refractivity contribution >= 4 is 17.5 Å². The molecule has 0 aliphatic carbocycles. The fourth-order valence-corrected chi connectivity index (χ4v) is 2.14.